The minimum Gasteiger partial charge on any atom is -0.368 e. The van der Waals surface area contributed by atoms with Crippen molar-refractivity contribution in [1.29, 1.82) is 0 Å². The van der Waals surface area contributed by atoms with Crippen LogP contribution in [-0.2, 0) is 11.3 Å². The lowest BCUT2D eigenvalue weighted by molar-refractivity contribution is -0.114. The number of hydrogen-bond acceptors (Lipinski definition) is 4. The topological polar surface area (TPSA) is 43.9 Å². The zero-order valence-corrected chi connectivity index (χ0v) is 24.7. The molecule has 212 valence electrons. The lowest BCUT2D eigenvalue weighted by Crippen LogP contribution is -2.49. The molecule has 5 nitrogen and oxygen atoms in total. The molecule has 2 amide bonds. The van der Waals surface area contributed by atoms with E-state index in [0.29, 0.717) is 34.1 Å². The number of carbonyl (C=O) groups is 2. The van der Waals surface area contributed by atoms with Gasteiger partial charge in [-0.05, 0) is 66.6 Å². The van der Waals surface area contributed by atoms with Gasteiger partial charge in [-0.2, -0.15) is 0 Å². The summed E-state index contributed by atoms with van der Waals surface area (Å²) in [5, 5.41) is 0.708. The molecule has 4 aromatic carbocycles. The Balaban J connectivity index is 1.16. The monoisotopic (exact) mass is 597 g/mol. The van der Waals surface area contributed by atoms with E-state index in [0.717, 1.165) is 40.5 Å². The maximum absolute atomic E-state index is 14.5. The van der Waals surface area contributed by atoms with E-state index in [1.54, 1.807) is 23.1 Å². The number of para-hydroxylation sites is 1. The van der Waals surface area contributed by atoms with Crippen molar-refractivity contribution in [2.24, 2.45) is 0 Å². The Hall–Kier alpha value is -4.07. The molecule has 6 rings (SSSR count). The number of amides is 2. The summed E-state index contributed by atoms with van der Waals surface area (Å²) in [6.45, 7) is 4.93. The zero-order chi connectivity index (χ0) is 29.2. The number of carbonyl (C=O) groups excluding carboxylic acids is 2. The Morgan fingerprint density at radius 2 is 1.62 bits per heavy atom. The van der Waals surface area contributed by atoms with Crippen LogP contribution in [0.1, 0.15) is 27.0 Å². The number of hydrogen-bond donors (Lipinski definition) is 0. The number of fused-ring (bicyclic) bond motifs is 1. The molecule has 1 saturated heterocycles. The van der Waals surface area contributed by atoms with Crippen LogP contribution < -0.4 is 9.80 Å². The molecule has 0 aromatic heterocycles. The van der Waals surface area contributed by atoms with Gasteiger partial charge in [0.15, 0.2) is 0 Å². The average molecular weight is 598 g/mol. The van der Waals surface area contributed by atoms with Gasteiger partial charge in [0.2, 0.25) is 0 Å². The van der Waals surface area contributed by atoms with E-state index in [9.17, 15) is 14.0 Å². The highest BCUT2D eigenvalue weighted by atomic mass is 35.5. The molecule has 2 heterocycles. The van der Waals surface area contributed by atoms with Crippen LogP contribution >= 0.6 is 23.4 Å². The number of piperazine rings is 1. The van der Waals surface area contributed by atoms with E-state index in [1.807, 2.05) is 77.7 Å². The predicted molar refractivity (Wildman–Crippen MR) is 169 cm³/mol. The number of nitrogens with zero attached hydrogens (tertiary/aromatic N) is 3. The van der Waals surface area contributed by atoms with Crippen molar-refractivity contribution in [3.63, 3.8) is 0 Å². The summed E-state index contributed by atoms with van der Waals surface area (Å²) in [4.78, 5) is 34.1. The van der Waals surface area contributed by atoms with Gasteiger partial charge >= 0.3 is 0 Å². The lowest BCUT2D eigenvalue weighted by atomic mass is 10.1. The molecule has 0 bridgehead atoms. The second-order valence-electron chi connectivity index (χ2n) is 10.4. The maximum Gasteiger partial charge on any atom is 0.265 e. The van der Waals surface area contributed by atoms with Crippen LogP contribution in [0.5, 0.6) is 0 Å². The van der Waals surface area contributed by atoms with E-state index in [1.165, 1.54) is 17.8 Å². The van der Waals surface area contributed by atoms with Crippen LogP contribution in [0.4, 0.5) is 15.8 Å². The first-order chi connectivity index (χ1) is 20.4. The first-order valence-electron chi connectivity index (χ1n) is 13.8. The number of halogens is 2. The quantitative estimate of drug-likeness (QED) is 0.224. The predicted octanol–water partition coefficient (Wildman–Crippen LogP) is 7.43. The number of rotatable bonds is 5. The molecule has 0 aliphatic carbocycles. The molecule has 0 unspecified atom stereocenters. The maximum atomic E-state index is 14.5. The summed E-state index contributed by atoms with van der Waals surface area (Å²) in [6.07, 6.45) is 1.83. The second-order valence-corrected chi connectivity index (χ2v) is 11.9. The summed E-state index contributed by atoms with van der Waals surface area (Å²) >= 11 is 7.61. The Morgan fingerprint density at radius 3 is 2.38 bits per heavy atom. The third-order valence-electron chi connectivity index (χ3n) is 7.65. The molecule has 42 heavy (non-hydrogen) atoms. The fourth-order valence-corrected chi connectivity index (χ4v) is 6.57. The Bertz CT molecular complexity index is 1680. The van der Waals surface area contributed by atoms with E-state index < -0.39 is 0 Å². The summed E-state index contributed by atoms with van der Waals surface area (Å²) < 4.78 is 14.5. The second kappa shape index (κ2) is 12.0. The normalized spacial score (nSPS) is 16.1. The van der Waals surface area contributed by atoms with Crippen molar-refractivity contribution in [1.82, 2.24) is 4.90 Å². The first-order valence-corrected chi connectivity index (χ1v) is 15.0. The molecule has 0 saturated carbocycles. The van der Waals surface area contributed by atoms with Crippen LogP contribution in [0.2, 0.25) is 5.02 Å². The van der Waals surface area contributed by atoms with E-state index in [4.69, 9.17) is 11.6 Å². The van der Waals surface area contributed by atoms with Gasteiger partial charge in [-0.3, -0.25) is 9.59 Å². The van der Waals surface area contributed by atoms with Crippen LogP contribution in [0.3, 0.4) is 0 Å². The van der Waals surface area contributed by atoms with Gasteiger partial charge in [0.25, 0.3) is 11.8 Å². The van der Waals surface area contributed by atoms with Crippen LogP contribution in [-0.4, -0.2) is 42.9 Å². The van der Waals surface area contributed by atoms with Crippen molar-refractivity contribution in [3.05, 3.63) is 129 Å². The van der Waals surface area contributed by atoms with Gasteiger partial charge in [-0.1, -0.05) is 71.9 Å². The largest absolute Gasteiger partial charge is 0.368 e. The summed E-state index contributed by atoms with van der Waals surface area (Å²) in [7, 11) is 0. The fraction of sp³-hybridized carbons (Fsp3) is 0.176. The van der Waals surface area contributed by atoms with Gasteiger partial charge < -0.3 is 14.7 Å². The lowest BCUT2D eigenvalue weighted by Gasteiger charge is -2.37. The average Bonchev–Trinajstić information content (AvgIpc) is 3.01. The van der Waals surface area contributed by atoms with Crippen LogP contribution in [0, 0.1) is 12.7 Å². The van der Waals surface area contributed by atoms with Gasteiger partial charge in [0, 0.05) is 52.9 Å². The smallest absolute Gasteiger partial charge is 0.265 e. The number of anilines is 2. The van der Waals surface area contributed by atoms with Crippen molar-refractivity contribution >= 4 is 52.6 Å². The molecule has 8 heteroatoms. The number of benzene rings is 4. The van der Waals surface area contributed by atoms with Crippen LogP contribution in [0.25, 0.3) is 6.08 Å². The van der Waals surface area contributed by atoms with E-state index in [-0.39, 0.29) is 24.2 Å². The molecule has 2 aliphatic heterocycles. The number of aryl methyl sites for hydroxylation is 1. The highest BCUT2D eigenvalue weighted by molar-refractivity contribution is 8.04. The summed E-state index contributed by atoms with van der Waals surface area (Å²) in [5.41, 5.74) is 4.92. The van der Waals surface area contributed by atoms with Gasteiger partial charge in [-0.15, -0.1) is 0 Å². The first kappa shape index (κ1) is 28.1. The highest BCUT2D eigenvalue weighted by Crippen LogP contribution is 2.42. The zero-order valence-electron chi connectivity index (χ0n) is 23.1. The van der Waals surface area contributed by atoms with Gasteiger partial charge in [-0.25, -0.2) is 4.39 Å². The summed E-state index contributed by atoms with van der Waals surface area (Å²) in [5.74, 6) is -0.535. The molecular formula is C34H29ClFN3O2S. The van der Waals surface area contributed by atoms with E-state index >= 15 is 0 Å². The van der Waals surface area contributed by atoms with Crippen LogP contribution in [0.15, 0.2) is 101 Å². The minimum atomic E-state index is -0.340. The standard InChI is InChI=1S/C34H29ClFN3O2S/c1-23-10-15-27(35)21-30(23)37-16-18-38(19-17-37)33(40)25-13-11-24(12-14-25)20-32-34(41)39(22-26-6-2-3-7-28(26)36)29-8-4-5-9-31(29)42-32/h2-15,20-21H,16-19,22H2,1H3/b32-20-. The fourth-order valence-electron chi connectivity index (χ4n) is 5.35. The third-order valence-corrected chi connectivity index (χ3v) is 8.96. The minimum absolute atomic E-state index is 0.00947. The summed E-state index contributed by atoms with van der Waals surface area (Å²) in [6, 6.07) is 27.4. The third kappa shape index (κ3) is 5.80. The molecule has 4 aromatic rings. The SMILES string of the molecule is Cc1ccc(Cl)cc1N1CCN(C(=O)c2ccc(/C=C3\Sc4ccccc4N(Cc4ccccc4F)C3=O)cc2)CC1. The number of thioether (sulfide) groups is 1. The Labute approximate surface area is 254 Å². The molecule has 0 N–H and O–H groups in total. The van der Waals surface area contributed by atoms with Crippen molar-refractivity contribution in [3.8, 4) is 0 Å². The molecule has 0 spiro atoms. The van der Waals surface area contributed by atoms with Gasteiger partial charge in [0.1, 0.15) is 5.82 Å². The molecule has 0 atom stereocenters. The van der Waals surface area contributed by atoms with Crippen molar-refractivity contribution in [2.45, 2.75) is 18.4 Å². The van der Waals surface area contributed by atoms with E-state index in [2.05, 4.69) is 11.8 Å². The Kier molecular flexibility index (Phi) is 8.05. The van der Waals surface area contributed by atoms with Gasteiger partial charge in [0.05, 0.1) is 17.1 Å². The van der Waals surface area contributed by atoms with Crippen molar-refractivity contribution < 1.29 is 14.0 Å². The highest BCUT2D eigenvalue weighted by Gasteiger charge is 2.30. The molecular weight excluding hydrogens is 569 g/mol. The molecule has 0 radical (unpaired) electrons. The van der Waals surface area contributed by atoms with Crippen molar-refractivity contribution in [2.75, 3.05) is 36.0 Å². The Morgan fingerprint density at radius 1 is 0.905 bits per heavy atom. The molecule has 2 aliphatic rings. The molecule has 1 fully saturated rings.